The molecule has 0 spiro atoms. The smallest absolute Gasteiger partial charge is 0.244 e. The molecule has 1 unspecified atom stereocenters. The number of nitrogens with zero attached hydrogens (tertiary/aromatic N) is 3. The molecule has 0 radical (unpaired) electrons. The molecule has 1 saturated heterocycles. The van der Waals surface area contributed by atoms with Crippen molar-refractivity contribution in [3.05, 3.63) is 18.0 Å². The van der Waals surface area contributed by atoms with Gasteiger partial charge in [0, 0.05) is 43.6 Å². The van der Waals surface area contributed by atoms with Crippen molar-refractivity contribution in [1.82, 2.24) is 13.8 Å². The lowest BCUT2D eigenvalue weighted by molar-refractivity contribution is 0.159. The second-order valence-electron chi connectivity index (χ2n) is 5.99. The van der Waals surface area contributed by atoms with Crippen molar-refractivity contribution in [3.63, 3.8) is 0 Å². The van der Waals surface area contributed by atoms with Gasteiger partial charge in [0.2, 0.25) is 10.0 Å². The summed E-state index contributed by atoms with van der Waals surface area (Å²) in [6, 6.07) is 2.12. The van der Waals surface area contributed by atoms with Gasteiger partial charge in [0.05, 0.1) is 5.88 Å². The van der Waals surface area contributed by atoms with Crippen LogP contribution in [0.2, 0.25) is 0 Å². The fourth-order valence-corrected chi connectivity index (χ4v) is 4.39. The first-order valence-corrected chi connectivity index (χ1v) is 9.22. The highest BCUT2D eigenvalue weighted by Gasteiger charge is 2.32. The van der Waals surface area contributed by atoms with Gasteiger partial charge in [0.15, 0.2) is 0 Å². The molecule has 2 heterocycles. The summed E-state index contributed by atoms with van der Waals surface area (Å²) in [6.07, 6.45) is 1.71. The number of sulfonamides is 1. The van der Waals surface area contributed by atoms with Crippen molar-refractivity contribution >= 4 is 21.6 Å². The maximum atomic E-state index is 12.8. The van der Waals surface area contributed by atoms with Crippen molar-refractivity contribution in [3.8, 4) is 0 Å². The van der Waals surface area contributed by atoms with Gasteiger partial charge in [-0.1, -0.05) is 0 Å². The molecule has 1 aromatic rings. The molecule has 120 valence electrons. The summed E-state index contributed by atoms with van der Waals surface area (Å²) in [5.74, 6) is 0.312. The average Bonchev–Trinajstić information content (AvgIpc) is 2.86. The lowest BCUT2D eigenvalue weighted by Gasteiger charge is -2.36. The zero-order valence-corrected chi connectivity index (χ0v) is 14.7. The molecule has 0 aromatic carbocycles. The number of halogens is 1. The predicted octanol–water partition coefficient (Wildman–Crippen LogP) is 2.13. The van der Waals surface area contributed by atoms with E-state index in [4.69, 9.17) is 11.6 Å². The molecule has 21 heavy (non-hydrogen) atoms. The van der Waals surface area contributed by atoms with E-state index in [0.717, 1.165) is 12.2 Å². The van der Waals surface area contributed by atoms with Gasteiger partial charge in [0.1, 0.15) is 4.90 Å². The summed E-state index contributed by atoms with van der Waals surface area (Å²) in [5, 5.41) is 0. The highest BCUT2D eigenvalue weighted by Crippen LogP contribution is 2.24. The number of piperazine rings is 1. The van der Waals surface area contributed by atoms with Gasteiger partial charge < -0.3 is 9.47 Å². The quantitative estimate of drug-likeness (QED) is 0.793. The van der Waals surface area contributed by atoms with Crippen LogP contribution in [0.1, 0.15) is 32.5 Å². The second kappa shape index (κ2) is 6.28. The predicted molar refractivity (Wildman–Crippen MR) is 85.2 cm³/mol. The van der Waals surface area contributed by atoms with Crippen LogP contribution in [0.25, 0.3) is 0 Å². The number of hydrogen-bond donors (Lipinski definition) is 0. The highest BCUT2D eigenvalue weighted by atomic mass is 35.5. The van der Waals surface area contributed by atoms with Gasteiger partial charge >= 0.3 is 0 Å². The van der Waals surface area contributed by atoms with Gasteiger partial charge in [-0.05, 0) is 33.9 Å². The molecule has 0 saturated carbocycles. The number of aromatic nitrogens is 1. The van der Waals surface area contributed by atoms with E-state index < -0.39 is 10.0 Å². The monoisotopic (exact) mass is 333 g/mol. The molecule has 5 nitrogen and oxygen atoms in total. The molecule has 1 fully saturated rings. The van der Waals surface area contributed by atoms with Crippen molar-refractivity contribution in [2.45, 2.75) is 43.6 Å². The van der Waals surface area contributed by atoms with E-state index >= 15 is 0 Å². The Morgan fingerprint density at radius 1 is 1.38 bits per heavy atom. The molecular formula is C14H24ClN3O2S. The molecule has 1 aliphatic rings. The van der Waals surface area contributed by atoms with E-state index in [1.54, 1.807) is 16.6 Å². The van der Waals surface area contributed by atoms with Gasteiger partial charge in [0.25, 0.3) is 0 Å². The molecule has 1 atom stereocenters. The number of hydrogen-bond acceptors (Lipinski definition) is 3. The van der Waals surface area contributed by atoms with Crippen LogP contribution in [0.5, 0.6) is 0 Å². The fourth-order valence-electron chi connectivity index (χ4n) is 2.61. The molecule has 0 bridgehead atoms. The van der Waals surface area contributed by atoms with Crippen LogP contribution in [-0.2, 0) is 15.9 Å². The van der Waals surface area contributed by atoms with E-state index in [-0.39, 0.29) is 12.1 Å². The van der Waals surface area contributed by atoms with Crippen LogP contribution in [0.15, 0.2) is 17.2 Å². The van der Waals surface area contributed by atoms with Crippen molar-refractivity contribution in [2.24, 2.45) is 0 Å². The average molecular weight is 334 g/mol. The van der Waals surface area contributed by atoms with Gasteiger partial charge in [-0.2, -0.15) is 4.31 Å². The minimum Gasteiger partial charge on any atom is -0.346 e. The zero-order valence-electron chi connectivity index (χ0n) is 13.1. The molecule has 7 heteroatoms. The molecular weight excluding hydrogens is 310 g/mol. The van der Waals surface area contributed by atoms with E-state index in [2.05, 4.69) is 4.90 Å². The molecule has 0 aliphatic carbocycles. The Labute approximate surface area is 132 Å². The maximum Gasteiger partial charge on any atom is 0.244 e. The number of likely N-dealkylation sites (N-methyl/N-ethyl adjacent to an activating group) is 1. The van der Waals surface area contributed by atoms with Crippen LogP contribution in [0.4, 0.5) is 0 Å². The van der Waals surface area contributed by atoms with E-state index in [1.165, 1.54) is 0 Å². The summed E-state index contributed by atoms with van der Waals surface area (Å²) in [4.78, 5) is 2.53. The van der Waals surface area contributed by atoms with E-state index in [9.17, 15) is 8.42 Å². The van der Waals surface area contributed by atoms with Crippen molar-refractivity contribution in [2.75, 3.05) is 26.7 Å². The SMILES string of the molecule is CC1CN(S(=O)(=O)c2cc(CCl)n(C(C)C)c2)CCN1C. The molecule has 0 N–H and O–H groups in total. The zero-order chi connectivity index (χ0) is 15.8. The first-order chi connectivity index (χ1) is 9.77. The minimum atomic E-state index is -3.44. The van der Waals surface area contributed by atoms with Gasteiger partial charge in [-0.3, -0.25) is 0 Å². The first kappa shape index (κ1) is 16.8. The van der Waals surface area contributed by atoms with Crippen molar-refractivity contribution < 1.29 is 8.42 Å². The maximum absolute atomic E-state index is 12.8. The Balaban J connectivity index is 2.32. The number of alkyl halides is 1. The van der Waals surface area contributed by atoms with Crippen LogP contribution in [0, 0.1) is 0 Å². The summed E-state index contributed by atoms with van der Waals surface area (Å²) in [5.41, 5.74) is 0.840. The Hall–Kier alpha value is -0.560. The standard InChI is InChI=1S/C14H24ClN3O2S/c1-11(2)18-10-14(7-13(18)8-15)21(19,20)17-6-5-16(4)12(3)9-17/h7,10-12H,5-6,8-9H2,1-4H3. The normalized spacial score (nSPS) is 22.1. The molecule has 1 aliphatic heterocycles. The molecule has 2 rings (SSSR count). The van der Waals surface area contributed by atoms with E-state index in [1.807, 2.05) is 32.4 Å². The Bertz CT molecular complexity index is 597. The summed E-state index contributed by atoms with van der Waals surface area (Å²) in [6.45, 7) is 7.90. The first-order valence-electron chi connectivity index (χ1n) is 7.24. The Morgan fingerprint density at radius 2 is 2.05 bits per heavy atom. The van der Waals surface area contributed by atoms with Crippen molar-refractivity contribution in [1.29, 1.82) is 0 Å². The third-order valence-corrected chi connectivity index (χ3v) is 6.26. The molecule has 1 aromatic heterocycles. The lowest BCUT2D eigenvalue weighted by Crippen LogP contribution is -2.51. The van der Waals surface area contributed by atoms with E-state index in [0.29, 0.717) is 23.9 Å². The third-order valence-electron chi connectivity index (χ3n) is 4.16. The summed E-state index contributed by atoms with van der Waals surface area (Å²) >= 11 is 5.93. The lowest BCUT2D eigenvalue weighted by atomic mass is 10.2. The summed E-state index contributed by atoms with van der Waals surface area (Å²) < 4.78 is 29.1. The van der Waals surface area contributed by atoms with Crippen LogP contribution < -0.4 is 0 Å². The Kier molecular flexibility index (Phi) is 5.03. The topological polar surface area (TPSA) is 45.6 Å². The fraction of sp³-hybridized carbons (Fsp3) is 0.714. The number of rotatable bonds is 4. The highest BCUT2D eigenvalue weighted by molar-refractivity contribution is 7.89. The minimum absolute atomic E-state index is 0.189. The van der Waals surface area contributed by atoms with Crippen LogP contribution >= 0.6 is 11.6 Å². The van der Waals surface area contributed by atoms with Gasteiger partial charge in [-0.15, -0.1) is 11.6 Å². The third kappa shape index (κ3) is 3.28. The Morgan fingerprint density at radius 3 is 2.52 bits per heavy atom. The van der Waals surface area contributed by atoms with Crippen LogP contribution in [0.3, 0.4) is 0 Å². The largest absolute Gasteiger partial charge is 0.346 e. The molecule has 0 amide bonds. The second-order valence-corrected chi connectivity index (χ2v) is 8.20. The van der Waals surface area contributed by atoms with Gasteiger partial charge in [-0.25, -0.2) is 8.42 Å². The summed E-state index contributed by atoms with van der Waals surface area (Å²) in [7, 11) is -1.41. The van der Waals surface area contributed by atoms with Crippen LogP contribution in [-0.4, -0.2) is 54.9 Å².